The highest BCUT2D eigenvalue weighted by molar-refractivity contribution is 9.11. The molecule has 0 radical (unpaired) electrons. The number of hydrogen-bond acceptors (Lipinski definition) is 7. The fourth-order valence-electron chi connectivity index (χ4n) is 8.05. The van der Waals surface area contributed by atoms with E-state index in [1.165, 1.54) is 4.90 Å². The molecule has 1 aromatic rings. The molecule has 9 atom stereocenters. The summed E-state index contributed by atoms with van der Waals surface area (Å²) in [5, 5.41) is 10.7. The maximum atomic E-state index is 15.0. The fourth-order valence-corrected chi connectivity index (χ4v) is 8.78. The van der Waals surface area contributed by atoms with E-state index < -0.39 is 59.6 Å². The third kappa shape index (κ3) is 6.50. The van der Waals surface area contributed by atoms with E-state index in [-0.39, 0.29) is 43.3 Å². The molecule has 2 fully saturated rings. The van der Waals surface area contributed by atoms with Crippen molar-refractivity contribution in [1.29, 1.82) is 0 Å². The van der Waals surface area contributed by atoms with Gasteiger partial charge in [0.2, 0.25) is 17.7 Å². The van der Waals surface area contributed by atoms with Crippen LogP contribution in [0.3, 0.4) is 0 Å². The van der Waals surface area contributed by atoms with Crippen LogP contribution in [0.25, 0.3) is 0 Å². The maximum Gasteiger partial charge on any atom is 0.313 e. The monoisotopic (exact) mass is 727 g/mol. The Morgan fingerprint density at radius 2 is 1.75 bits per heavy atom. The van der Waals surface area contributed by atoms with Crippen molar-refractivity contribution in [2.75, 3.05) is 20.2 Å². The minimum absolute atomic E-state index is 0.0984. The number of amides is 3. The Bertz CT molecular complexity index is 1430. The number of carbonyl (C=O) groups excluding carboxylic acids is 4. The molecule has 48 heavy (non-hydrogen) atoms. The lowest BCUT2D eigenvalue weighted by Crippen LogP contribution is -2.60. The number of fused-ring (bicyclic) bond motifs is 2. The second-order valence-electron chi connectivity index (χ2n) is 14.2. The summed E-state index contributed by atoms with van der Waals surface area (Å²) in [5.41, 5.74) is -0.719. The van der Waals surface area contributed by atoms with Gasteiger partial charge in [-0.2, -0.15) is 0 Å². The van der Waals surface area contributed by atoms with Crippen LogP contribution in [0.5, 0.6) is 0 Å². The van der Waals surface area contributed by atoms with Crippen molar-refractivity contribution in [2.45, 2.75) is 109 Å². The Balaban J connectivity index is 1.67. The third-order valence-corrected chi connectivity index (χ3v) is 11.2. The van der Waals surface area contributed by atoms with E-state index in [0.717, 1.165) is 18.4 Å². The topological polar surface area (TPSA) is 117 Å². The van der Waals surface area contributed by atoms with Gasteiger partial charge >= 0.3 is 5.97 Å². The lowest BCUT2D eigenvalue weighted by atomic mass is 9.74. The van der Waals surface area contributed by atoms with Crippen LogP contribution in [0.4, 0.5) is 0 Å². The summed E-state index contributed by atoms with van der Waals surface area (Å²) < 4.78 is 13.6. The summed E-state index contributed by atoms with van der Waals surface area (Å²) in [4.78, 5) is 62.5. The van der Waals surface area contributed by atoms with E-state index in [9.17, 15) is 24.3 Å². The van der Waals surface area contributed by atoms with Crippen molar-refractivity contribution >= 4 is 39.6 Å². The Morgan fingerprint density at radius 1 is 1.04 bits per heavy atom. The van der Waals surface area contributed by atoms with Gasteiger partial charge < -0.3 is 29.3 Å². The van der Waals surface area contributed by atoms with Crippen LogP contribution < -0.4 is 0 Å². The highest BCUT2D eigenvalue weighted by Crippen LogP contribution is 2.59. The van der Waals surface area contributed by atoms with Crippen LogP contribution in [0.15, 0.2) is 53.0 Å². The van der Waals surface area contributed by atoms with E-state index >= 15 is 0 Å². The van der Waals surface area contributed by atoms with Gasteiger partial charge in [0.1, 0.15) is 29.8 Å². The van der Waals surface area contributed by atoms with Gasteiger partial charge in [-0.15, -0.1) is 0 Å². The fraction of sp³-hybridized carbons (Fsp3) is 0.622. The van der Waals surface area contributed by atoms with Gasteiger partial charge in [-0.3, -0.25) is 19.2 Å². The molecule has 0 aliphatic carbocycles. The van der Waals surface area contributed by atoms with Gasteiger partial charge in [-0.1, -0.05) is 85.6 Å². The van der Waals surface area contributed by atoms with Gasteiger partial charge in [-0.25, -0.2) is 0 Å². The first-order valence-corrected chi connectivity index (χ1v) is 18.1. The molecule has 0 saturated carbocycles. The molecule has 11 heteroatoms. The number of likely N-dealkylation sites (tertiary alicyclic amines) is 1. The molecular formula is C37H50BrN3O7. The second-order valence-corrected chi connectivity index (χ2v) is 15.1. The van der Waals surface area contributed by atoms with Gasteiger partial charge in [0, 0.05) is 30.5 Å². The number of likely N-dealkylation sites (N-methyl/N-ethyl adjacent to an activating group) is 1. The van der Waals surface area contributed by atoms with Crippen molar-refractivity contribution in [3.63, 3.8) is 0 Å². The summed E-state index contributed by atoms with van der Waals surface area (Å²) in [7, 11) is 1.71. The Kier molecular flexibility index (Phi) is 11.2. The molecule has 1 spiro atoms. The molecule has 1 N–H and O–H groups in total. The number of allylic oxidation sites excluding steroid dienone is 1. The van der Waals surface area contributed by atoms with Gasteiger partial charge in [0.25, 0.3) is 0 Å². The number of benzene rings is 1. The lowest BCUT2D eigenvalue weighted by Gasteiger charge is -2.40. The molecule has 1 aromatic carbocycles. The molecule has 4 heterocycles. The zero-order chi connectivity index (χ0) is 34.9. The predicted octanol–water partition coefficient (Wildman–Crippen LogP) is 4.77. The number of ether oxygens (including phenoxy) is 2. The number of carbonyl (C=O) groups is 4. The number of nitrogens with zero attached hydrogens (tertiary/aromatic N) is 3. The zero-order valence-corrected chi connectivity index (χ0v) is 30.5. The molecular weight excluding hydrogens is 678 g/mol. The normalized spacial score (nSPS) is 33.2. The van der Waals surface area contributed by atoms with Crippen LogP contribution in [-0.4, -0.2) is 99.6 Å². The largest absolute Gasteiger partial charge is 0.455 e. The summed E-state index contributed by atoms with van der Waals surface area (Å²) in [5.74, 6) is -3.38. The lowest BCUT2D eigenvalue weighted by molar-refractivity contribution is -0.164. The number of halogens is 1. The van der Waals surface area contributed by atoms with E-state index in [0.29, 0.717) is 17.3 Å². The average Bonchev–Trinajstić information content (AvgIpc) is 3.66. The number of esters is 1. The zero-order valence-electron chi connectivity index (χ0n) is 28.9. The van der Waals surface area contributed by atoms with Crippen molar-refractivity contribution < 1.29 is 33.8 Å². The van der Waals surface area contributed by atoms with E-state index in [1.807, 2.05) is 70.2 Å². The number of aliphatic hydroxyl groups excluding tert-OH is 1. The molecule has 262 valence electrons. The van der Waals surface area contributed by atoms with Crippen LogP contribution >= 0.6 is 15.9 Å². The molecule has 4 aliphatic heterocycles. The van der Waals surface area contributed by atoms with Crippen LogP contribution in [0.1, 0.15) is 78.4 Å². The molecule has 5 bridgehead atoms. The summed E-state index contributed by atoms with van der Waals surface area (Å²) in [6.07, 6.45) is 6.76. The van der Waals surface area contributed by atoms with Crippen molar-refractivity contribution in [3.05, 3.63) is 58.6 Å². The summed E-state index contributed by atoms with van der Waals surface area (Å²) >= 11 is 3.63. The highest BCUT2D eigenvalue weighted by atomic mass is 79.9. The second kappa shape index (κ2) is 14.8. The van der Waals surface area contributed by atoms with Crippen molar-refractivity contribution in [1.82, 2.24) is 14.7 Å². The van der Waals surface area contributed by atoms with Gasteiger partial charge in [-0.05, 0) is 50.7 Å². The Morgan fingerprint density at radius 3 is 2.40 bits per heavy atom. The summed E-state index contributed by atoms with van der Waals surface area (Å²) in [6, 6.07) is 6.85. The molecule has 1 unspecified atom stereocenters. The quantitative estimate of drug-likeness (QED) is 0.303. The molecule has 10 nitrogen and oxygen atoms in total. The van der Waals surface area contributed by atoms with Crippen LogP contribution in [-0.2, 0) is 28.7 Å². The Hall–Kier alpha value is -3.02. The minimum Gasteiger partial charge on any atom is -0.455 e. The third-order valence-electron chi connectivity index (χ3n) is 10.5. The van der Waals surface area contributed by atoms with Crippen LogP contribution in [0, 0.1) is 17.8 Å². The summed E-state index contributed by atoms with van der Waals surface area (Å²) in [6.45, 7) is 9.87. The molecule has 4 aliphatic rings. The first kappa shape index (κ1) is 36.3. The molecule has 2 saturated heterocycles. The van der Waals surface area contributed by atoms with Gasteiger partial charge in [0.05, 0.1) is 24.6 Å². The standard InChI is InChI=1S/C37H50BrN3O7/c1-7-14-23(4)40-18-13-9-12-17-28(43)39(6)24(5)31(25-15-10-8-11-16-25)47-36(46)29-30-34(44)41(26(21-42)19-22(2)3)33(35(40)45)37(30)20-27(38)32(29)48-37/h8-11,13,15-16,20,22-24,26,29-33,42H,7,12,14,17-19,21H2,1-6H3/b13-9-/t23?,24-,26+,29+,30-,31+,32+,33+,37-/m0/s1. The van der Waals surface area contributed by atoms with Crippen LogP contribution in [0.2, 0.25) is 0 Å². The first-order valence-electron chi connectivity index (χ1n) is 17.3. The van der Waals surface area contributed by atoms with E-state index in [1.54, 1.807) is 22.9 Å². The average molecular weight is 729 g/mol. The molecule has 0 aromatic heterocycles. The Labute approximate surface area is 292 Å². The number of rotatable bonds is 8. The predicted molar refractivity (Wildman–Crippen MR) is 185 cm³/mol. The molecule has 5 rings (SSSR count). The van der Waals surface area contributed by atoms with E-state index in [2.05, 4.69) is 22.9 Å². The number of cyclic esters (lactones) is 1. The number of hydrogen-bond donors (Lipinski definition) is 1. The van der Waals surface area contributed by atoms with E-state index in [4.69, 9.17) is 9.47 Å². The highest BCUT2D eigenvalue weighted by Gasteiger charge is 2.75. The minimum atomic E-state index is -1.44. The van der Waals surface area contributed by atoms with Crippen molar-refractivity contribution in [2.24, 2.45) is 17.8 Å². The van der Waals surface area contributed by atoms with Gasteiger partial charge in [0.15, 0.2) is 0 Å². The smallest absolute Gasteiger partial charge is 0.313 e. The first-order chi connectivity index (χ1) is 22.9. The van der Waals surface area contributed by atoms with Crippen molar-refractivity contribution in [3.8, 4) is 0 Å². The number of aliphatic hydroxyl groups is 1. The SMILES string of the molecule is CCCC(C)N1C/C=C\CCC(=O)N(C)[C@@H](C)[C@H](c2ccccc2)OC(=O)[C@H]2[C@@H]3O[C@@]4(C=C3Br)[C@@H]2C(=O)N([C@@H](CO)CC(C)C)[C@@H]4C1=O. The molecule has 3 amide bonds. The maximum absolute atomic E-state index is 15.0.